The smallest absolute Gasteiger partial charge is 0.339 e. The molecular formula is C10H9NO3. The molecule has 2 rings (SSSR count). The number of aryl methyl sites for hydroxylation is 1. The summed E-state index contributed by atoms with van der Waals surface area (Å²) in [5.41, 5.74) is 1.31. The number of benzene rings is 1. The molecule has 0 aliphatic carbocycles. The Morgan fingerprint density at radius 1 is 1.57 bits per heavy atom. The molecule has 72 valence electrons. The maximum atomic E-state index is 10.8. The number of carboxylic acid groups (broad SMARTS) is 1. The van der Waals surface area contributed by atoms with E-state index in [0.29, 0.717) is 5.58 Å². The molecule has 0 aliphatic rings. The van der Waals surface area contributed by atoms with Gasteiger partial charge in [-0.25, -0.2) is 4.79 Å². The fraction of sp³-hybridized carbons (Fsp3) is 0.200. The zero-order chi connectivity index (χ0) is 10.1. The van der Waals surface area contributed by atoms with Gasteiger partial charge in [0.2, 0.25) is 0 Å². The number of carboxylic acids is 1. The quantitative estimate of drug-likeness (QED) is 0.789. The van der Waals surface area contributed by atoms with Crippen LogP contribution in [-0.4, -0.2) is 16.2 Å². The maximum absolute atomic E-state index is 10.8. The van der Waals surface area contributed by atoms with Crippen molar-refractivity contribution in [3.63, 3.8) is 0 Å². The number of rotatable bonds is 2. The van der Waals surface area contributed by atoms with Crippen LogP contribution < -0.4 is 0 Å². The fourth-order valence-electron chi connectivity index (χ4n) is 1.44. The van der Waals surface area contributed by atoms with Gasteiger partial charge in [0.15, 0.2) is 5.58 Å². The number of nitrogens with zero attached hydrogens (tertiary/aromatic N) is 1. The van der Waals surface area contributed by atoms with E-state index in [1.807, 2.05) is 13.0 Å². The van der Waals surface area contributed by atoms with Crippen LogP contribution in [0.15, 0.2) is 22.7 Å². The van der Waals surface area contributed by atoms with E-state index in [9.17, 15) is 4.79 Å². The Kier molecular flexibility index (Phi) is 1.96. The van der Waals surface area contributed by atoms with Crippen LogP contribution in [0, 0.1) is 0 Å². The minimum absolute atomic E-state index is 0.162. The molecule has 4 nitrogen and oxygen atoms in total. The monoisotopic (exact) mass is 191 g/mol. The zero-order valence-corrected chi connectivity index (χ0v) is 7.65. The lowest BCUT2D eigenvalue weighted by molar-refractivity contribution is 0.0697. The van der Waals surface area contributed by atoms with E-state index in [-0.39, 0.29) is 5.56 Å². The minimum atomic E-state index is -0.991. The van der Waals surface area contributed by atoms with Crippen molar-refractivity contribution in [2.75, 3.05) is 0 Å². The number of aromatic carboxylic acids is 1. The summed E-state index contributed by atoms with van der Waals surface area (Å²) < 4.78 is 5.00. The van der Waals surface area contributed by atoms with E-state index >= 15 is 0 Å². The van der Waals surface area contributed by atoms with Crippen LogP contribution in [0.3, 0.4) is 0 Å². The maximum Gasteiger partial charge on any atom is 0.339 e. The van der Waals surface area contributed by atoms with Crippen molar-refractivity contribution < 1.29 is 14.4 Å². The Balaban J connectivity index is 2.76. The zero-order valence-electron chi connectivity index (χ0n) is 7.65. The predicted octanol–water partition coefficient (Wildman–Crippen LogP) is 2.09. The van der Waals surface area contributed by atoms with Gasteiger partial charge in [0.05, 0.1) is 5.69 Å². The molecule has 0 bridgehead atoms. The Hall–Kier alpha value is -1.84. The fourth-order valence-corrected chi connectivity index (χ4v) is 1.44. The summed E-state index contributed by atoms with van der Waals surface area (Å²) in [5, 5.41) is 13.5. The second-order valence-corrected chi connectivity index (χ2v) is 2.97. The molecule has 0 saturated carbocycles. The Morgan fingerprint density at radius 3 is 3.00 bits per heavy atom. The third-order valence-electron chi connectivity index (χ3n) is 2.14. The summed E-state index contributed by atoms with van der Waals surface area (Å²) in [5.74, 6) is -0.991. The largest absolute Gasteiger partial charge is 0.478 e. The summed E-state index contributed by atoms with van der Waals surface area (Å²) in [6, 6.07) is 5.02. The number of hydrogen-bond donors (Lipinski definition) is 1. The Labute approximate surface area is 80.1 Å². The van der Waals surface area contributed by atoms with E-state index in [0.717, 1.165) is 17.5 Å². The molecule has 2 aromatic rings. The molecule has 4 heteroatoms. The van der Waals surface area contributed by atoms with Gasteiger partial charge in [-0.05, 0) is 18.6 Å². The van der Waals surface area contributed by atoms with Crippen LogP contribution in [0.4, 0.5) is 0 Å². The highest BCUT2D eigenvalue weighted by atomic mass is 16.5. The van der Waals surface area contributed by atoms with Gasteiger partial charge in [0.25, 0.3) is 0 Å². The first-order valence-corrected chi connectivity index (χ1v) is 4.34. The lowest BCUT2D eigenvalue weighted by Gasteiger charge is -1.93. The average molecular weight is 191 g/mol. The molecule has 0 atom stereocenters. The minimum Gasteiger partial charge on any atom is -0.478 e. The molecule has 0 amide bonds. The molecular weight excluding hydrogens is 182 g/mol. The van der Waals surface area contributed by atoms with Crippen molar-refractivity contribution in [3.8, 4) is 0 Å². The molecule has 0 saturated heterocycles. The first kappa shape index (κ1) is 8.74. The normalized spacial score (nSPS) is 10.6. The van der Waals surface area contributed by atoms with Gasteiger partial charge in [-0.15, -0.1) is 0 Å². The topological polar surface area (TPSA) is 63.3 Å². The van der Waals surface area contributed by atoms with E-state index in [1.54, 1.807) is 6.07 Å². The van der Waals surface area contributed by atoms with Gasteiger partial charge >= 0.3 is 5.97 Å². The number of carbonyl (C=O) groups is 1. The standard InChI is InChI=1S/C10H9NO3/c1-2-8-6-4-3-5-7(10(12)13)9(6)14-11-8/h3-5H,2H2,1H3,(H,12,13). The van der Waals surface area contributed by atoms with Crippen molar-refractivity contribution in [2.24, 2.45) is 0 Å². The van der Waals surface area contributed by atoms with Crippen LogP contribution in [-0.2, 0) is 6.42 Å². The molecule has 0 radical (unpaired) electrons. The van der Waals surface area contributed by atoms with Crippen molar-refractivity contribution in [1.82, 2.24) is 5.16 Å². The average Bonchev–Trinajstić information content (AvgIpc) is 2.59. The summed E-state index contributed by atoms with van der Waals surface area (Å²) >= 11 is 0. The highest BCUT2D eigenvalue weighted by Gasteiger charge is 2.14. The number of hydrogen-bond acceptors (Lipinski definition) is 3. The van der Waals surface area contributed by atoms with Crippen LogP contribution in [0.25, 0.3) is 11.0 Å². The highest BCUT2D eigenvalue weighted by Crippen LogP contribution is 2.22. The van der Waals surface area contributed by atoms with E-state index in [2.05, 4.69) is 5.16 Å². The van der Waals surface area contributed by atoms with Crippen LogP contribution in [0.2, 0.25) is 0 Å². The Bertz CT molecular complexity index is 487. The number of para-hydroxylation sites is 1. The molecule has 1 N–H and O–H groups in total. The molecule has 0 unspecified atom stereocenters. The van der Waals surface area contributed by atoms with Crippen LogP contribution in [0.5, 0.6) is 0 Å². The lowest BCUT2D eigenvalue weighted by Crippen LogP contribution is -1.95. The van der Waals surface area contributed by atoms with Crippen LogP contribution >= 0.6 is 0 Å². The third kappa shape index (κ3) is 1.16. The third-order valence-corrected chi connectivity index (χ3v) is 2.14. The number of aromatic nitrogens is 1. The molecule has 1 heterocycles. The molecule has 0 aliphatic heterocycles. The summed E-state index contributed by atoms with van der Waals surface area (Å²) in [7, 11) is 0. The lowest BCUT2D eigenvalue weighted by atomic mass is 10.1. The van der Waals surface area contributed by atoms with E-state index in [4.69, 9.17) is 9.63 Å². The van der Waals surface area contributed by atoms with Gasteiger partial charge < -0.3 is 9.63 Å². The van der Waals surface area contributed by atoms with Crippen LogP contribution in [0.1, 0.15) is 23.0 Å². The molecule has 14 heavy (non-hydrogen) atoms. The van der Waals surface area contributed by atoms with Gasteiger partial charge in [0.1, 0.15) is 5.56 Å². The summed E-state index contributed by atoms with van der Waals surface area (Å²) in [6.07, 6.45) is 0.732. The molecule has 0 fully saturated rings. The van der Waals surface area contributed by atoms with Gasteiger partial charge in [-0.1, -0.05) is 18.1 Å². The predicted molar refractivity (Wildman–Crippen MR) is 50.3 cm³/mol. The summed E-state index contributed by atoms with van der Waals surface area (Å²) in [6.45, 7) is 1.95. The van der Waals surface area contributed by atoms with Crippen molar-refractivity contribution in [1.29, 1.82) is 0 Å². The second kappa shape index (κ2) is 3.14. The van der Waals surface area contributed by atoms with Gasteiger partial charge in [-0.2, -0.15) is 0 Å². The number of fused-ring (bicyclic) bond motifs is 1. The highest BCUT2D eigenvalue weighted by molar-refractivity contribution is 6.01. The van der Waals surface area contributed by atoms with Gasteiger partial charge in [-0.3, -0.25) is 0 Å². The first-order chi connectivity index (χ1) is 6.74. The first-order valence-electron chi connectivity index (χ1n) is 4.34. The molecule has 0 spiro atoms. The van der Waals surface area contributed by atoms with Gasteiger partial charge in [0, 0.05) is 5.39 Å². The molecule has 1 aromatic carbocycles. The summed E-state index contributed by atoms with van der Waals surface area (Å²) in [4.78, 5) is 10.8. The van der Waals surface area contributed by atoms with Crippen molar-refractivity contribution >= 4 is 16.9 Å². The van der Waals surface area contributed by atoms with E-state index in [1.165, 1.54) is 6.07 Å². The van der Waals surface area contributed by atoms with E-state index < -0.39 is 5.97 Å². The van der Waals surface area contributed by atoms with Crippen molar-refractivity contribution in [3.05, 3.63) is 29.5 Å². The second-order valence-electron chi connectivity index (χ2n) is 2.97. The molecule has 1 aromatic heterocycles. The van der Waals surface area contributed by atoms with Crippen molar-refractivity contribution in [2.45, 2.75) is 13.3 Å². The Morgan fingerprint density at radius 2 is 2.36 bits per heavy atom. The SMILES string of the molecule is CCc1noc2c(C(=O)O)cccc12.